The Morgan fingerprint density at radius 1 is 0.974 bits per heavy atom. The number of pyridine rings is 2. The summed E-state index contributed by atoms with van der Waals surface area (Å²) in [5, 5.41) is 6.17. The number of aryl methyl sites for hydroxylation is 3. The van der Waals surface area contributed by atoms with Gasteiger partial charge in [0.05, 0.1) is 17.9 Å². The molecule has 9 heteroatoms. The average molecular weight is 525 g/mol. The maximum absolute atomic E-state index is 13.5. The predicted molar refractivity (Wildman–Crippen MR) is 152 cm³/mol. The molecule has 0 bridgehead atoms. The van der Waals surface area contributed by atoms with Gasteiger partial charge in [-0.25, -0.2) is 14.2 Å². The number of carbonyl (C=O) groups is 2. The number of fused-ring (bicyclic) bond motifs is 1. The largest absolute Gasteiger partial charge is 0.340 e. The van der Waals surface area contributed by atoms with Crippen LogP contribution in [0.25, 0.3) is 0 Å². The monoisotopic (exact) mass is 524 g/mol. The highest BCUT2D eigenvalue weighted by molar-refractivity contribution is 6.08. The van der Waals surface area contributed by atoms with Crippen molar-refractivity contribution >= 4 is 40.5 Å². The van der Waals surface area contributed by atoms with E-state index in [1.165, 1.54) is 6.07 Å². The van der Waals surface area contributed by atoms with Crippen LogP contribution < -0.4 is 20.4 Å². The Balaban J connectivity index is 1.38. The second-order valence-corrected chi connectivity index (χ2v) is 9.68. The molecule has 0 spiro atoms. The first-order valence-electron chi connectivity index (χ1n) is 12.5. The average Bonchev–Trinajstić information content (AvgIpc) is 2.91. The first kappa shape index (κ1) is 25.8. The summed E-state index contributed by atoms with van der Waals surface area (Å²) in [6, 6.07) is 17.4. The Morgan fingerprint density at radius 2 is 1.74 bits per heavy atom. The van der Waals surface area contributed by atoms with Crippen molar-refractivity contribution in [3.8, 4) is 0 Å². The van der Waals surface area contributed by atoms with Gasteiger partial charge >= 0.3 is 6.03 Å². The lowest BCUT2D eigenvalue weighted by Gasteiger charge is -2.36. The standard InChI is InChI=1S/C30H29FN6O2/c1-18-8-9-24(35-29(38)22-7-5-6-21(12-22)15-31)13-26(18)37-17-23-16-32-28(14-27(23)36(4)30(37)39)34-25-10-19(2)33-20(3)11-25/h5-14,16H,15,17H2,1-4H3,(H,35,38)(H,32,33,34). The van der Waals surface area contributed by atoms with Gasteiger partial charge in [0.15, 0.2) is 0 Å². The van der Waals surface area contributed by atoms with Crippen LogP contribution in [0.3, 0.4) is 0 Å². The van der Waals surface area contributed by atoms with Crippen molar-refractivity contribution < 1.29 is 14.0 Å². The molecule has 0 aliphatic carbocycles. The van der Waals surface area contributed by atoms with Crippen molar-refractivity contribution in [3.05, 3.63) is 101 Å². The van der Waals surface area contributed by atoms with Crippen molar-refractivity contribution in [1.29, 1.82) is 0 Å². The summed E-state index contributed by atoms with van der Waals surface area (Å²) in [4.78, 5) is 38.5. The zero-order chi connectivity index (χ0) is 27.7. The number of amides is 3. The van der Waals surface area contributed by atoms with Crippen molar-refractivity contribution in [2.45, 2.75) is 34.0 Å². The molecule has 0 radical (unpaired) electrons. The number of hydrogen-bond acceptors (Lipinski definition) is 5. The lowest BCUT2D eigenvalue weighted by Crippen LogP contribution is -2.45. The van der Waals surface area contributed by atoms with Crippen molar-refractivity contribution in [1.82, 2.24) is 9.97 Å². The Morgan fingerprint density at radius 3 is 2.49 bits per heavy atom. The molecule has 1 aliphatic rings. The molecule has 0 atom stereocenters. The van der Waals surface area contributed by atoms with E-state index in [1.807, 2.05) is 45.0 Å². The number of rotatable bonds is 6. The Kier molecular flexibility index (Phi) is 6.98. The first-order chi connectivity index (χ1) is 18.7. The fourth-order valence-corrected chi connectivity index (χ4v) is 4.72. The third kappa shape index (κ3) is 5.43. The van der Waals surface area contributed by atoms with E-state index in [1.54, 1.807) is 53.4 Å². The van der Waals surface area contributed by atoms with Crippen LogP contribution in [0.5, 0.6) is 0 Å². The minimum Gasteiger partial charge on any atom is -0.340 e. The second kappa shape index (κ2) is 10.5. The number of anilines is 5. The minimum absolute atomic E-state index is 0.197. The van der Waals surface area contributed by atoms with Gasteiger partial charge in [-0.05, 0) is 68.3 Å². The second-order valence-electron chi connectivity index (χ2n) is 9.68. The van der Waals surface area contributed by atoms with Crippen molar-refractivity contribution in [2.75, 3.05) is 27.5 Å². The van der Waals surface area contributed by atoms with Gasteiger partial charge < -0.3 is 10.6 Å². The van der Waals surface area contributed by atoms with Crippen molar-refractivity contribution in [2.24, 2.45) is 0 Å². The van der Waals surface area contributed by atoms with E-state index in [0.717, 1.165) is 33.9 Å². The van der Waals surface area contributed by atoms with Gasteiger partial charge in [-0.1, -0.05) is 18.2 Å². The SMILES string of the molecule is Cc1cc(Nc2cc3c(cn2)CN(c2cc(NC(=O)c4cccc(CF)c4)ccc2C)C(=O)N3C)cc(C)n1. The van der Waals surface area contributed by atoms with Crippen LogP contribution in [-0.2, 0) is 13.2 Å². The van der Waals surface area contributed by atoms with E-state index in [-0.39, 0.29) is 11.9 Å². The summed E-state index contributed by atoms with van der Waals surface area (Å²) in [5.41, 5.74) is 7.24. The Bertz CT molecular complexity index is 1570. The van der Waals surface area contributed by atoms with Gasteiger partial charge in [-0.3, -0.25) is 19.6 Å². The van der Waals surface area contributed by atoms with Gasteiger partial charge in [0.2, 0.25) is 0 Å². The van der Waals surface area contributed by atoms with E-state index in [4.69, 9.17) is 0 Å². The third-order valence-corrected chi connectivity index (χ3v) is 6.62. The molecule has 39 heavy (non-hydrogen) atoms. The summed E-state index contributed by atoms with van der Waals surface area (Å²) in [6.07, 6.45) is 1.77. The molecule has 0 saturated carbocycles. The molecule has 4 aromatic rings. The van der Waals surface area contributed by atoms with Gasteiger partial charge in [0.25, 0.3) is 5.91 Å². The molecule has 3 heterocycles. The maximum atomic E-state index is 13.5. The minimum atomic E-state index is -0.642. The molecule has 2 aromatic carbocycles. The summed E-state index contributed by atoms with van der Waals surface area (Å²) < 4.78 is 13.0. The Labute approximate surface area is 226 Å². The summed E-state index contributed by atoms with van der Waals surface area (Å²) >= 11 is 0. The van der Waals surface area contributed by atoms with Gasteiger partial charge in [0.1, 0.15) is 12.5 Å². The number of nitrogens with one attached hydrogen (secondary N) is 2. The number of carbonyl (C=O) groups excluding carboxylic acids is 2. The summed E-state index contributed by atoms with van der Waals surface area (Å²) in [5.74, 6) is 0.279. The van der Waals surface area contributed by atoms with Crippen LogP contribution in [0.15, 0.2) is 66.9 Å². The van der Waals surface area contributed by atoms with E-state index in [9.17, 15) is 14.0 Å². The highest BCUT2D eigenvalue weighted by atomic mass is 19.1. The topological polar surface area (TPSA) is 90.5 Å². The smallest absolute Gasteiger partial charge is 0.329 e. The third-order valence-electron chi connectivity index (χ3n) is 6.62. The van der Waals surface area contributed by atoms with Crippen LogP contribution in [0.4, 0.5) is 37.8 Å². The number of urea groups is 1. The predicted octanol–water partition coefficient (Wildman–Crippen LogP) is 6.44. The highest BCUT2D eigenvalue weighted by Gasteiger charge is 2.30. The van der Waals surface area contributed by atoms with E-state index < -0.39 is 6.67 Å². The molecule has 2 aromatic heterocycles. The highest BCUT2D eigenvalue weighted by Crippen LogP contribution is 2.35. The van der Waals surface area contributed by atoms with E-state index >= 15 is 0 Å². The molecule has 8 nitrogen and oxygen atoms in total. The van der Waals surface area contributed by atoms with Crippen LogP contribution in [-0.4, -0.2) is 29.0 Å². The first-order valence-corrected chi connectivity index (χ1v) is 12.5. The van der Waals surface area contributed by atoms with Gasteiger partial charge in [-0.2, -0.15) is 0 Å². The van der Waals surface area contributed by atoms with Crippen LogP contribution in [0, 0.1) is 20.8 Å². The molecule has 0 saturated heterocycles. The quantitative estimate of drug-likeness (QED) is 0.303. The molecular weight excluding hydrogens is 495 g/mol. The maximum Gasteiger partial charge on any atom is 0.329 e. The van der Waals surface area contributed by atoms with Gasteiger partial charge in [-0.15, -0.1) is 0 Å². The number of nitrogens with zero attached hydrogens (tertiary/aromatic N) is 4. The Hall–Kier alpha value is -4.79. The lowest BCUT2D eigenvalue weighted by molar-refractivity contribution is 0.102. The van der Waals surface area contributed by atoms with Crippen LogP contribution >= 0.6 is 0 Å². The van der Waals surface area contributed by atoms with Gasteiger partial charge in [0, 0.05) is 53.2 Å². The van der Waals surface area contributed by atoms with E-state index in [0.29, 0.717) is 34.9 Å². The normalized spacial score (nSPS) is 12.8. The zero-order valence-electron chi connectivity index (χ0n) is 22.2. The molecule has 0 fully saturated rings. The molecule has 2 N–H and O–H groups in total. The van der Waals surface area contributed by atoms with Crippen LogP contribution in [0.2, 0.25) is 0 Å². The molecule has 1 aliphatic heterocycles. The summed E-state index contributed by atoms with van der Waals surface area (Å²) in [7, 11) is 1.73. The fraction of sp³-hybridized carbons (Fsp3) is 0.200. The van der Waals surface area contributed by atoms with Crippen molar-refractivity contribution in [3.63, 3.8) is 0 Å². The lowest BCUT2D eigenvalue weighted by atomic mass is 10.1. The number of aromatic nitrogens is 2. The summed E-state index contributed by atoms with van der Waals surface area (Å²) in [6.45, 7) is 5.48. The number of hydrogen-bond donors (Lipinski definition) is 2. The number of alkyl halides is 1. The van der Waals surface area contributed by atoms with E-state index in [2.05, 4.69) is 20.6 Å². The van der Waals surface area contributed by atoms with Crippen LogP contribution in [0.1, 0.15) is 38.4 Å². The molecular formula is C30H29FN6O2. The number of benzene rings is 2. The molecule has 198 valence electrons. The molecule has 0 unspecified atom stereocenters. The number of halogens is 1. The zero-order valence-corrected chi connectivity index (χ0v) is 22.2. The fourth-order valence-electron chi connectivity index (χ4n) is 4.72. The molecule has 5 rings (SSSR count). The molecule has 3 amide bonds.